The second kappa shape index (κ2) is 4.85. The molecule has 1 rings (SSSR count). The molecule has 1 saturated heterocycles. The lowest BCUT2D eigenvalue weighted by molar-refractivity contribution is -0.287. The van der Waals surface area contributed by atoms with Crippen molar-refractivity contribution in [2.45, 2.75) is 37.6 Å². The van der Waals surface area contributed by atoms with Crippen LogP contribution in [0.4, 0.5) is 0 Å². The molecule has 13 heavy (non-hydrogen) atoms. The van der Waals surface area contributed by atoms with Gasteiger partial charge in [0, 0.05) is 0 Å². The molecule has 78 valence electrons. The van der Waals surface area contributed by atoms with Crippen molar-refractivity contribution in [2.24, 2.45) is 0 Å². The van der Waals surface area contributed by atoms with Gasteiger partial charge in [0.15, 0.2) is 6.29 Å². The van der Waals surface area contributed by atoms with Gasteiger partial charge in [-0.05, 0) is 6.92 Å². The van der Waals surface area contributed by atoms with Gasteiger partial charge < -0.3 is 24.8 Å². The molecule has 0 bridgehead atoms. The molecule has 0 aromatic heterocycles. The summed E-state index contributed by atoms with van der Waals surface area (Å²) in [5.74, 6) is 0. The third-order valence-electron chi connectivity index (χ3n) is 2.04. The van der Waals surface area contributed by atoms with E-state index in [2.05, 4.69) is 0 Å². The summed E-state index contributed by atoms with van der Waals surface area (Å²) in [4.78, 5) is 0. The van der Waals surface area contributed by atoms with E-state index >= 15 is 0 Å². The molecular formula is C7H13IO5. The van der Waals surface area contributed by atoms with Crippen molar-refractivity contribution in [1.82, 2.24) is 0 Å². The maximum atomic E-state index is 9.39. The molecular weight excluding hydrogens is 291 g/mol. The van der Waals surface area contributed by atoms with Crippen LogP contribution in [-0.4, -0.2) is 50.6 Å². The molecule has 0 aliphatic carbocycles. The van der Waals surface area contributed by atoms with Crippen molar-refractivity contribution in [3.05, 3.63) is 0 Å². The second-order valence-corrected chi connectivity index (χ2v) is 3.58. The summed E-state index contributed by atoms with van der Waals surface area (Å²) in [5.41, 5.74) is 0. The van der Waals surface area contributed by atoms with E-state index in [1.54, 1.807) is 6.92 Å². The molecule has 0 amide bonds. The zero-order valence-corrected chi connectivity index (χ0v) is 9.29. The number of hydrogen-bond acceptors (Lipinski definition) is 5. The molecule has 1 heterocycles. The number of aliphatic hydroxyl groups excluding tert-OH is 3. The standard InChI is InChI=1S/C7H13IO5/c1-3-4(9)5(10)6(11)7(13-3)12-2-8/h3-7,9-11H,2H2,1H3. The first-order valence-corrected chi connectivity index (χ1v) is 5.47. The van der Waals surface area contributed by atoms with E-state index in [-0.39, 0.29) is 0 Å². The first-order chi connectivity index (χ1) is 6.07. The van der Waals surface area contributed by atoms with Crippen molar-refractivity contribution >= 4 is 22.6 Å². The Morgan fingerprint density at radius 2 is 1.85 bits per heavy atom. The van der Waals surface area contributed by atoms with Gasteiger partial charge in [-0.25, -0.2) is 0 Å². The average molecular weight is 304 g/mol. The minimum Gasteiger partial charge on any atom is -0.388 e. The summed E-state index contributed by atoms with van der Waals surface area (Å²) in [6.45, 7) is 1.61. The van der Waals surface area contributed by atoms with Gasteiger partial charge in [-0.1, -0.05) is 22.6 Å². The van der Waals surface area contributed by atoms with Crippen LogP contribution in [0.3, 0.4) is 0 Å². The second-order valence-electron chi connectivity index (χ2n) is 2.96. The molecule has 0 saturated carbocycles. The summed E-state index contributed by atoms with van der Waals surface area (Å²) < 4.78 is 10.5. The van der Waals surface area contributed by atoms with Crippen LogP contribution in [0.5, 0.6) is 0 Å². The Labute approximate surface area is 89.8 Å². The molecule has 0 spiro atoms. The third kappa shape index (κ3) is 2.51. The monoisotopic (exact) mass is 304 g/mol. The van der Waals surface area contributed by atoms with Crippen LogP contribution in [0.1, 0.15) is 6.92 Å². The molecule has 0 aromatic carbocycles. The minimum atomic E-state index is -1.21. The van der Waals surface area contributed by atoms with Gasteiger partial charge in [0.05, 0.1) is 6.10 Å². The van der Waals surface area contributed by atoms with Crippen LogP contribution in [0, 0.1) is 0 Å². The van der Waals surface area contributed by atoms with Gasteiger partial charge in [0.2, 0.25) is 0 Å². The zero-order valence-electron chi connectivity index (χ0n) is 7.13. The van der Waals surface area contributed by atoms with Crippen molar-refractivity contribution in [1.29, 1.82) is 0 Å². The Balaban J connectivity index is 2.59. The molecule has 1 aliphatic heterocycles. The van der Waals surface area contributed by atoms with E-state index in [0.717, 1.165) is 0 Å². The maximum Gasteiger partial charge on any atom is 0.187 e. The van der Waals surface area contributed by atoms with E-state index in [0.29, 0.717) is 4.61 Å². The van der Waals surface area contributed by atoms with Crippen LogP contribution in [-0.2, 0) is 9.47 Å². The zero-order chi connectivity index (χ0) is 10.0. The summed E-state index contributed by atoms with van der Waals surface area (Å²) in [6, 6.07) is 0. The molecule has 5 unspecified atom stereocenters. The van der Waals surface area contributed by atoms with Crippen molar-refractivity contribution in [3.63, 3.8) is 0 Å². The van der Waals surface area contributed by atoms with Crippen LogP contribution >= 0.6 is 22.6 Å². The predicted molar refractivity (Wildman–Crippen MR) is 52.3 cm³/mol. The molecule has 5 nitrogen and oxygen atoms in total. The van der Waals surface area contributed by atoms with Gasteiger partial charge in [0.25, 0.3) is 0 Å². The molecule has 0 radical (unpaired) electrons. The van der Waals surface area contributed by atoms with Crippen LogP contribution < -0.4 is 0 Å². The van der Waals surface area contributed by atoms with Gasteiger partial charge in [-0.15, -0.1) is 0 Å². The van der Waals surface area contributed by atoms with E-state index in [1.165, 1.54) is 0 Å². The number of rotatable bonds is 2. The number of halogens is 1. The Morgan fingerprint density at radius 3 is 2.38 bits per heavy atom. The molecule has 3 N–H and O–H groups in total. The highest BCUT2D eigenvalue weighted by Crippen LogP contribution is 2.21. The molecule has 0 aromatic rings. The summed E-state index contributed by atoms with van der Waals surface area (Å²) in [5, 5.41) is 28.1. The van der Waals surface area contributed by atoms with Crippen LogP contribution in [0.2, 0.25) is 0 Å². The Bertz CT molecular complexity index is 167. The fourth-order valence-corrected chi connectivity index (χ4v) is 1.57. The number of alkyl halides is 1. The summed E-state index contributed by atoms with van der Waals surface area (Å²) in [7, 11) is 0. The smallest absolute Gasteiger partial charge is 0.187 e. The summed E-state index contributed by atoms with van der Waals surface area (Å²) >= 11 is 1.96. The van der Waals surface area contributed by atoms with Gasteiger partial charge in [-0.3, -0.25) is 0 Å². The number of ether oxygens (including phenoxy) is 2. The van der Waals surface area contributed by atoms with Crippen molar-refractivity contribution in [3.8, 4) is 0 Å². The number of aliphatic hydroxyl groups is 3. The first kappa shape index (κ1) is 11.6. The Kier molecular flexibility index (Phi) is 4.33. The topological polar surface area (TPSA) is 79.2 Å². The normalized spacial score (nSPS) is 46.4. The van der Waals surface area contributed by atoms with Gasteiger partial charge in [-0.2, -0.15) is 0 Å². The van der Waals surface area contributed by atoms with E-state index in [1.807, 2.05) is 22.6 Å². The highest BCUT2D eigenvalue weighted by Gasteiger charge is 2.42. The Hall–Kier alpha value is 0.530. The molecule has 6 heteroatoms. The lowest BCUT2D eigenvalue weighted by Crippen LogP contribution is -2.57. The van der Waals surface area contributed by atoms with Crippen LogP contribution in [0.15, 0.2) is 0 Å². The molecule has 1 aliphatic rings. The van der Waals surface area contributed by atoms with Crippen molar-refractivity contribution in [2.75, 3.05) is 4.61 Å². The fourth-order valence-electron chi connectivity index (χ4n) is 1.21. The largest absolute Gasteiger partial charge is 0.388 e. The molecule has 1 fully saturated rings. The SMILES string of the molecule is CC1OC(OCI)C(O)C(O)C1O. The average Bonchev–Trinajstić information content (AvgIpc) is 2.11. The Morgan fingerprint density at radius 1 is 1.23 bits per heavy atom. The van der Waals surface area contributed by atoms with E-state index < -0.39 is 30.7 Å². The maximum absolute atomic E-state index is 9.39. The highest BCUT2D eigenvalue weighted by atomic mass is 127. The minimum absolute atomic E-state index is 0.356. The van der Waals surface area contributed by atoms with Crippen molar-refractivity contribution < 1.29 is 24.8 Å². The van der Waals surface area contributed by atoms with Gasteiger partial charge in [0.1, 0.15) is 22.9 Å². The quantitative estimate of drug-likeness (QED) is 0.461. The highest BCUT2D eigenvalue weighted by molar-refractivity contribution is 14.1. The third-order valence-corrected chi connectivity index (χ3v) is 2.40. The fraction of sp³-hybridized carbons (Fsp3) is 1.00. The molecule has 5 atom stereocenters. The first-order valence-electron chi connectivity index (χ1n) is 3.95. The van der Waals surface area contributed by atoms with E-state index in [4.69, 9.17) is 9.47 Å². The summed E-state index contributed by atoms with van der Waals surface area (Å²) in [6.07, 6.45) is -4.86. The lowest BCUT2D eigenvalue weighted by Gasteiger charge is -2.38. The lowest BCUT2D eigenvalue weighted by atomic mass is 10.0. The van der Waals surface area contributed by atoms with Gasteiger partial charge >= 0.3 is 0 Å². The number of hydrogen-bond donors (Lipinski definition) is 3. The van der Waals surface area contributed by atoms with E-state index in [9.17, 15) is 15.3 Å². The van der Waals surface area contributed by atoms with Crippen LogP contribution in [0.25, 0.3) is 0 Å². The predicted octanol–water partition coefficient (Wildman–Crippen LogP) is -0.777.